The summed E-state index contributed by atoms with van der Waals surface area (Å²) in [5.41, 5.74) is 0. The number of nitrogens with zero attached hydrogens (tertiary/aromatic N) is 1. The van der Waals surface area contributed by atoms with Crippen LogP contribution in [0.4, 0.5) is 0 Å². The lowest BCUT2D eigenvalue weighted by Gasteiger charge is -2.27. The van der Waals surface area contributed by atoms with E-state index in [-0.39, 0.29) is 0 Å². The summed E-state index contributed by atoms with van der Waals surface area (Å²) in [5, 5.41) is 13.1. The Morgan fingerprint density at radius 2 is 2.10 bits per heavy atom. The molecule has 1 aliphatic rings. The molecule has 126 valence electrons. The number of likely N-dealkylation sites (N-methyl/N-ethyl adjacent to an activating group) is 1. The van der Waals surface area contributed by atoms with Gasteiger partial charge in [-0.25, -0.2) is 0 Å². The monoisotopic (exact) mass is 302 g/mol. The number of hydrogen-bond acceptors (Lipinski definition) is 5. The van der Waals surface area contributed by atoms with E-state index in [1.54, 1.807) is 0 Å². The van der Waals surface area contributed by atoms with Gasteiger partial charge in [-0.15, -0.1) is 0 Å². The lowest BCUT2D eigenvalue weighted by atomic mass is 9.89. The molecule has 0 radical (unpaired) electrons. The molecule has 5 heteroatoms. The number of aliphatic hydroxyl groups is 1. The van der Waals surface area contributed by atoms with Crippen LogP contribution in [0.5, 0.6) is 0 Å². The third-order valence-electron chi connectivity index (χ3n) is 3.90. The van der Waals surface area contributed by atoms with E-state index in [9.17, 15) is 5.11 Å². The normalized spacial score (nSPS) is 24.4. The molecule has 3 unspecified atom stereocenters. The Kier molecular flexibility index (Phi) is 10.2. The molecular formula is C16H34N2O3. The average Bonchev–Trinajstić information content (AvgIpc) is 2.44. The van der Waals surface area contributed by atoms with E-state index in [0.717, 1.165) is 38.5 Å². The molecule has 0 heterocycles. The third kappa shape index (κ3) is 10.2. The molecule has 21 heavy (non-hydrogen) atoms. The van der Waals surface area contributed by atoms with Crippen LogP contribution >= 0.6 is 0 Å². The topological polar surface area (TPSA) is 54.0 Å². The first-order chi connectivity index (χ1) is 10.1. The molecule has 1 rings (SSSR count). The summed E-state index contributed by atoms with van der Waals surface area (Å²) in [4.78, 5) is 2.10. The molecule has 0 amide bonds. The van der Waals surface area contributed by atoms with E-state index >= 15 is 0 Å². The van der Waals surface area contributed by atoms with Crippen molar-refractivity contribution in [2.45, 2.75) is 44.8 Å². The molecule has 5 nitrogen and oxygen atoms in total. The SMILES string of the molecule is CC1CCCC(OCC(O)CNCCOCCN(C)C)C1. The molecule has 1 aliphatic carbocycles. The standard InChI is InChI=1S/C16H34N2O3/c1-14-5-4-6-16(11-14)21-13-15(19)12-17-7-9-20-10-8-18(2)3/h14-17,19H,4-13H2,1-3H3. The molecule has 0 bridgehead atoms. The molecule has 2 N–H and O–H groups in total. The Bertz CT molecular complexity index is 252. The number of ether oxygens (including phenoxy) is 2. The van der Waals surface area contributed by atoms with Crippen LogP contribution < -0.4 is 5.32 Å². The van der Waals surface area contributed by atoms with Crippen molar-refractivity contribution in [3.05, 3.63) is 0 Å². The molecule has 0 aliphatic heterocycles. The first-order valence-corrected chi connectivity index (χ1v) is 8.30. The zero-order valence-electron chi connectivity index (χ0n) is 14.0. The maximum atomic E-state index is 9.89. The zero-order chi connectivity index (χ0) is 15.5. The third-order valence-corrected chi connectivity index (χ3v) is 3.90. The van der Waals surface area contributed by atoms with Crippen molar-refractivity contribution in [2.24, 2.45) is 5.92 Å². The van der Waals surface area contributed by atoms with Crippen molar-refractivity contribution < 1.29 is 14.6 Å². The van der Waals surface area contributed by atoms with Gasteiger partial charge in [0.2, 0.25) is 0 Å². The van der Waals surface area contributed by atoms with E-state index in [4.69, 9.17) is 9.47 Å². The summed E-state index contributed by atoms with van der Waals surface area (Å²) in [6, 6.07) is 0. The van der Waals surface area contributed by atoms with Crippen LogP contribution in [-0.4, -0.2) is 75.8 Å². The quantitative estimate of drug-likeness (QED) is 0.560. The van der Waals surface area contributed by atoms with E-state index in [0.29, 0.717) is 25.9 Å². The van der Waals surface area contributed by atoms with Gasteiger partial charge in [0.15, 0.2) is 0 Å². The van der Waals surface area contributed by atoms with Gasteiger partial charge in [-0.3, -0.25) is 0 Å². The Hall–Kier alpha value is -0.200. The second-order valence-electron chi connectivity index (χ2n) is 6.50. The van der Waals surface area contributed by atoms with Crippen LogP contribution in [0.1, 0.15) is 32.6 Å². The highest BCUT2D eigenvalue weighted by Gasteiger charge is 2.20. The van der Waals surface area contributed by atoms with E-state index in [1.165, 1.54) is 12.8 Å². The second-order valence-corrected chi connectivity index (χ2v) is 6.50. The predicted octanol–water partition coefficient (Wildman–Crippen LogP) is 1.11. The van der Waals surface area contributed by atoms with Crippen LogP contribution in [-0.2, 0) is 9.47 Å². The van der Waals surface area contributed by atoms with Crippen LogP contribution in [0.25, 0.3) is 0 Å². The van der Waals surface area contributed by atoms with Crippen LogP contribution in [0, 0.1) is 5.92 Å². The van der Waals surface area contributed by atoms with Gasteiger partial charge in [-0.1, -0.05) is 19.8 Å². The summed E-state index contributed by atoms with van der Waals surface area (Å²) in [6.07, 6.45) is 4.77. The van der Waals surface area contributed by atoms with Crippen molar-refractivity contribution in [1.29, 1.82) is 0 Å². The summed E-state index contributed by atoms with van der Waals surface area (Å²) in [5.74, 6) is 0.762. The molecule has 0 saturated heterocycles. The van der Waals surface area contributed by atoms with Crippen LogP contribution in [0.15, 0.2) is 0 Å². The van der Waals surface area contributed by atoms with Crippen LogP contribution in [0.2, 0.25) is 0 Å². The van der Waals surface area contributed by atoms with Gasteiger partial charge < -0.3 is 24.8 Å². The fourth-order valence-electron chi connectivity index (χ4n) is 2.60. The summed E-state index contributed by atoms with van der Waals surface area (Å²) in [6.45, 7) is 6.43. The maximum Gasteiger partial charge on any atom is 0.0897 e. The maximum absolute atomic E-state index is 9.89. The van der Waals surface area contributed by atoms with Crippen molar-refractivity contribution in [2.75, 3.05) is 53.6 Å². The lowest BCUT2D eigenvalue weighted by Crippen LogP contribution is -2.34. The van der Waals surface area contributed by atoms with Gasteiger partial charge >= 0.3 is 0 Å². The first-order valence-electron chi connectivity index (χ1n) is 8.30. The van der Waals surface area contributed by atoms with Crippen LogP contribution in [0.3, 0.4) is 0 Å². The second kappa shape index (κ2) is 11.4. The molecular weight excluding hydrogens is 268 g/mol. The molecule has 1 saturated carbocycles. The van der Waals surface area contributed by atoms with E-state index < -0.39 is 6.10 Å². The zero-order valence-corrected chi connectivity index (χ0v) is 14.0. The Labute approximate surface area is 130 Å². The number of nitrogens with one attached hydrogen (secondary N) is 1. The highest BCUT2D eigenvalue weighted by atomic mass is 16.5. The summed E-state index contributed by atoms with van der Waals surface area (Å²) in [7, 11) is 4.07. The van der Waals surface area contributed by atoms with Gasteiger partial charge in [-0.05, 0) is 32.9 Å². The van der Waals surface area contributed by atoms with Gasteiger partial charge in [0.25, 0.3) is 0 Å². The summed E-state index contributed by atoms with van der Waals surface area (Å²) < 4.78 is 11.3. The van der Waals surface area contributed by atoms with Crippen molar-refractivity contribution >= 4 is 0 Å². The molecule has 1 fully saturated rings. The Morgan fingerprint density at radius 3 is 2.81 bits per heavy atom. The largest absolute Gasteiger partial charge is 0.389 e. The van der Waals surface area contributed by atoms with Gasteiger partial charge in [0.05, 0.1) is 32.0 Å². The lowest BCUT2D eigenvalue weighted by molar-refractivity contribution is -0.0309. The van der Waals surface area contributed by atoms with E-state index in [2.05, 4.69) is 17.1 Å². The summed E-state index contributed by atoms with van der Waals surface area (Å²) >= 11 is 0. The minimum absolute atomic E-state index is 0.345. The minimum Gasteiger partial charge on any atom is -0.389 e. The van der Waals surface area contributed by atoms with E-state index in [1.807, 2.05) is 14.1 Å². The number of hydrogen-bond donors (Lipinski definition) is 2. The molecule has 0 aromatic carbocycles. The van der Waals surface area contributed by atoms with Gasteiger partial charge in [0.1, 0.15) is 0 Å². The minimum atomic E-state index is -0.427. The van der Waals surface area contributed by atoms with Gasteiger partial charge in [-0.2, -0.15) is 0 Å². The number of aliphatic hydroxyl groups excluding tert-OH is 1. The number of rotatable bonds is 11. The molecule has 0 aromatic heterocycles. The fraction of sp³-hybridized carbons (Fsp3) is 1.00. The van der Waals surface area contributed by atoms with Crippen molar-refractivity contribution in [1.82, 2.24) is 10.2 Å². The predicted molar refractivity (Wildman–Crippen MR) is 85.6 cm³/mol. The smallest absolute Gasteiger partial charge is 0.0897 e. The Balaban J connectivity index is 1.90. The van der Waals surface area contributed by atoms with Crippen molar-refractivity contribution in [3.63, 3.8) is 0 Å². The Morgan fingerprint density at radius 1 is 1.29 bits per heavy atom. The molecule has 0 spiro atoms. The molecule has 3 atom stereocenters. The molecule has 0 aromatic rings. The highest BCUT2D eigenvalue weighted by molar-refractivity contribution is 4.71. The highest BCUT2D eigenvalue weighted by Crippen LogP contribution is 2.25. The van der Waals surface area contributed by atoms with Gasteiger partial charge in [0, 0.05) is 19.6 Å². The average molecular weight is 302 g/mol. The van der Waals surface area contributed by atoms with Crippen molar-refractivity contribution in [3.8, 4) is 0 Å². The first kappa shape index (κ1) is 18.8. The fourth-order valence-corrected chi connectivity index (χ4v) is 2.60.